The van der Waals surface area contributed by atoms with Crippen LogP contribution < -0.4 is 10.6 Å². The molecule has 2 unspecified atom stereocenters. The van der Waals surface area contributed by atoms with Gasteiger partial charge >= 0.3 is 6.03 Å². The summed E-state index contributed by atoms with van der Waals surface area (Å²) in [4.78, 5) is 50.0. The second-order valence-electron chi connectivity index (χ2n) is 8.97. The van der Waals surface area contributed by atoms with Gasteiger partial charge in [0.15, 0.2) is 12.2 Å². The number of anilines is 1. The number of rotatable bonds is 6. The molecule has 34 heavy (non-hydrogen) atoms. The molecule has 0 saturated carbocycles. The van der Waals surface area contributed by atoms with E-state index in [2.05, 4.69) is 21.4 Å². The molecular formula is C24H29N7O3. The Balaban J connectivity index is 1.44. The quantitative estimate of drug-likeness (QED) is 0.680. The molecule has 0 aliphatic carbocycles. The van der Waals surface area contributed by atoms with E-state index < -0.39 is 18.2 Å². The molecule has 4 heterocycles. The number of carbonyl (C=O) groups excluding carboxylic acids is 3. The normalized spacial score (nSPS) is 21.6. The second kappa shape index (κ2) is 8.92. The Bertz CT molecular complexity index is 1130. The van der Waals surface area contributed by atoms with Crippen molar-refractivity contribution in [1.82, 2.24) is 24.7 Å². The molecule has 1 fully saturated rings. The predicted octanol–water partition coefficient (Wildman–Crippen LogP) is 1.90. The fraction of sp³-hybridized carbons (Fsp3) is 0.458. The highest BCUT2D eigenvalue weighted by Crippen LogP contribution is 2.28. The number of carbonyl (C=O) groups is 3. The van der Waals surface area contributed by atoms with E-state index in [9.17, 15) is 14.4 Å². The molecule has 178 valence electrons. The fourth-order valence-corrected chi connectivity index (χ4v) is 4.99. The van der Waals surface area contributed by atoms with Gasteiger partial charge in [-0.3, -0.25) is 19.8 Å². The number of likely N-dealkylation sites (N-methyl/N-ethyl adjacent to an activating group) is 1. The highest BCUT2D eigenvalue weighted by molar-refractivity contribution is 6.04. The Morgan fingerprint density at radius 3 is 2.68 bits per heavy atom. The molecular weight excluding hydrogens is 434 g/mol. The third-order valence-corrected chi connectivity index (χ3v) is 6.58. The van der Waals surface area contributed by atoms with E-state index in [0.717, 1.165) is 48.7 Å². The minimum Gasteiger partial charge on any atom is -0.340 e. The molecule has 10 heteroatoms. The lowest BCUT2D eigenvalue weighted by Gasteiger charge is -2.37. The fourth-order valence-electron chi connectivity index (χ4n) is 4.99. The molecule has 10 nitrogen and oxygen atoms in total. The zero-order valence-electron chi connectivity index (χ0n) is 19.5. The van der Waals surface area contributed by atoms with Crippen LogP contribution in [0.25, 0.3) is 0 Å². The molecule has 2 aromatic rings. The van der Waals surface area contributed by atoms with Gasteiger partial charge in [-0.15, -0.1) is 0 Å². The third-order valence-electron chi connectivity index (χ3n) is 6.58. The first-order valence-corrected chi connectivity index (χ1v) is 11.8. The number of nitrogens with one attached hydrogen (secondary N) is 2. The van der Waals surface area contributed by atoms with Crippen LogP contribution in [0.4, 0.5) is 10.5 Å². The Morgan fingerprint density at radius 2 is 1.97 bits per heavy atom. The molecule has 3 aliphatic rings. The number of aryl methyl sites for hydroxylation is 2. The maximum atomic E-state index is 12.9. The van der Waals surface area contributed by atoms with E-state index >= 15 is 0 Å². The van der Waals surface area contributed by atoms with Gasteiger partial charge < -0.3 is 14.8 Å². The maximum Gasteiger partial charge on any atom is 0.325 e. The van der Waals surface area contributed by atoms with Crippen LogP contribution in [0.15, 0.2) is 35.5 Å². The molecule has 2 N–H and O–H groups in total. The molecule has 4 amide bonds. The van der Waals surface area contributed by atoms with Crippen LogP contribution >= 0.6 is 0 Å². The van der Waals surface area contributed by atoms with Crippen molar-refractivity contribution in [3.05, 3.63) is 47.5 Å². The molecule has 1 saturated heterocycles. The summed E-state index contributed by atoms with van der Waals surface area (Å²) in [6.07, 6.45) is 5.30. The predicted molar refractivity (Wildman–Crippen MR) is 126 cm³/mol. The SMILES string of the molecule is CCN1C(=O)NC(=O)C2C1N=C(Cc1cn3c(n1)CCCC3)N2Cc1ccc(NC(C)=O)cc1. The third kappa shape index (κ3) is 4.15. The number of hydrogen-bond donors (Lipinski definition) is 2. The van der Waals surface area contributed by atoms with Crippen LogP contribution in [0.2, 0.25) is 0 Å². The molecule has 0 bridgehead atoms. The molecule has 3 aliphatic heterocycles. The number of aromatic nitrogens is 2. The van der Waals surface area contributed by atoms with Crippen molar-refractivity contribution < 1.29 is 14.4 Å². The Kier molecular flexibility index (Phi) is 5.80. The number of benzene rings is 1. The molecule has 2 atom stereocenters. The van der Waals surface area contributed by atoms with Crippen molar-refractivity contribution in [1.29, 1.82) is 0 Å². The number of imide groups is 1. The lowest BCUT2D eigenvalue weighted by atomic mass is 10.1. The van der Waals surface area contributed by atoms with Gasteiger partial charge in [0.1, 0.15) is 11.7 Å². The van der Waals surface area contributed by atoms with E-state index in [-0.39, 0.29) is 11.8 Å². The molecule has 1 aromatic carbocycles. The summed E-state index contributed by atoms with van der Waals surface area (Å²) >= 11 is 0. The van der Waals surface area contributed by atoms with E-state index in [1.165, 1.54) is 6.92 Å². The number of aliphatic imine (C=N–C) groups is 1. The molecule has 5 rings (SSSR count). The van der Waals surface area contributed by atoms with Gasteiger partial charge in [0.25, 0.3) is 5.91 Å². The summed E-state index contributed by atoms with van der Waals surface area (Å²) in [5.41, 5.74) is 2.61. The average Bonchev–Trinajstić information content (AvgIpc) is 3.36. The lowest BCUT2D eigenvalue weighted by molar-refractivity contribution is -0.127. The van der Waals surface area contributed by atoms with Crippen LogP contribution in [0.5, 0.6) is 0 Å². The van der Waals surface area contributed by atoms with Crippen molar-refractivity contribution in [2.45, 2.75) is 64.8 Å². The van der Waals surface area contributed by atoms with Gasteiger partial charge in [-0.25, -0.2) is 14.8 Å². The minimum absolute atomic E-state index is 0.129. The maximum absolute atomic E-state index is 12.9. The van der Waals surface area contributed by atoms with Crippen LogP contribution in [-0.2, 0) is 35.5 Å². The number of hydrogen-bond acceptors (Lipinski definition) is 6. The number of urea groups is 1. The van der Waals surface area contributed by atoms with Gasteiger partial charge in [-0.05, 0) is 37.5 Å². The zero-order valence-corrected chi connectivity index (χ0v) is 19.5. The summed E-state index contributed by atoms with van der Waals surface area (Å²) < 4.78 is 2.21. The van der Waals surface area contributed by atoms with Crippen LogP contribution in [0.3, 0.4) is 0 Å². The van der Waals surface area contributed by atoms with Crippen molar-refractivity contribution in [3.63, 3.8) is 0 Å². The summed E-state index contributed by atoms with van der Waals surface area (Å²) in [6, 6.07) is 6.53. The van der Waals surface area contributed by atoms with Gasteiger partial charge in [0.2, 0.25) is 5.91 Å². The topological polar surface area (TPSA) is 112 Å². The summed E-state index contributed by atoms with van der Waals surface area (Å²) in [5.74, 6) is 1.38. The molecule has 0 spiro atoms. The number of fused-ring (bicyclic) bond motifs is 2. The highest BCUT2D eigenvalue weighted by Gasteiger charge is 2.49. The van der Waals surface area contributed by atoms with Crippen molar-refractivity contribution in [3.8, 4) is 0 Å². The summed E-state index contributed by atoms with van der Waals surface area (Å²) in [6.45, 7) is 5.23. The smallest absolute Gasteiger partial charge is 0.325 e. The van der Waals surface area contributed by atoms with Crippen molar-refractivity contribution >= 4 is 29.4 Å². The first kappa shape index (κ1) is 22.1. The first-order chi connectivity index (χ1) is 16.4. The van der Waals surface area contributed by atoms with Crippen molar-refractivity contribution in [2.75, 3.05) is 11.9 Å². The van der Waals surface area contributed by atoms with Gasteiger partial charge in [0.05, 0.1) is 5.69 Å². The number of amidine groups is 1. The van der Waals surface area contributed by atoms with Crippen LogP contribution in [0, 0.1) is 0 Å². The summed E-state index contributed by atoms with van der Waals surface area (Å²) in [5, 5.41) is 5.25. The zero-order chi connectivity index (χ0) is 23.8. The van der Waals surface area contributed by atoms with E-state index in [1.807, 2.05) is 36.1 Å². The number of nitrogens with zero attached hydrogens (tertiary/aromatic N) is 5. The molecule has 0 radical (unpaired) electrons. The van der Waals surface area contributed by atoms with Gasteiger partial charge in [0, 0.05) is 51.3 Å². The first-order valence-electron chi connectivity index (χ1n) is 11.8. The summed E-state index contributed by atoms with van der Waals surface area (Å²) in [7, 11) is 0. The highest BCUT2D eigenvalue weighted by atomic mass is 16.2. The standard InChI is InChI=1S/C24H29N7O3/c1-3-30-22-21(23(33)28-24(30)34)31(13-16-7-9-17(10-8-16)25-15(2)32)20(27-22)12-18-14-29-11-5-4-6-19(29)26-18/h7-10,14,21-22H,3-6,11-13H2,1-2H3,(H,25,32)(H,28,33,34). The Hall–Kier alpha value is -3.69. The lowest BCUT2D eigenvalue weighted by Crippen LogP contribution is -2.64. The van der Waals surface area contributed by atoms with Crippen LogP contribution in [0.1, 0.15) is 43.8 Å². The van der Waals surface area contributed by atoms with Gasteiger partial charge in [-0.2, -0.15) is 0 Å². The second-order valence-corrected chi connectivity index (χ2v) is 8.97. The monoisotopic (exact) mass is 463 g/mol. The van der Waals surface area contributed by atoms with Crippen LogP contribution in [-0.4, -0.2) is 61.8 Å². The number of imidazole rings is 1. The Labute approximate surface area is 198 Å². The largest absolute Gasteiger partial charge is 0.340 e. The van der Waals surface area contributed by atoms with E-state index in [0.29, 0.717) is 25.2 Å². The van der Waals surface area contributed by atoms with E-state index in [1.54, 1.807) is 4.90 Å². The number of amides is 4. The van der Waals surface area contributed by atoms with E-state index in [4.69, 9.17) is 9.98 Å². The van der Waals surface area contributed by atoms with Crippen molar-refractivity contribution in [2.24, 2.45) is 4.99 Å². The molecule has 1 aromatic heterocycles. The average molecular weight is 464 g/mol. The Morgan fingerprint density at radius 1 is 1.18 bits per heavy atom. The van der Waals surface area contributed by atoms with Gasteiger partial charge in [-0.1, -0.05) is 12.1 Å². The minimum atomic E-state index is -0.597.